The Hall–Kier alpha value is -0.340. The average molecular weight is 251 g/mol. The number of thiophene rings is 1. The van der Waals surface area contributed by atoms with Crippen molar-refractivity contribution in [3.05, 3.63) is 21.9 Å². The fraction of sp³-hybridized carbons (Fsp3) is 0.733. The summed E-state index contributed by atoms with van der Waals surface area (Å²) in [6.07, 6.45) is 7.70. The van der Waals surface area contributed by atoms with Crippen LogP contribution in [0.4, 0.5) is 0 Å². The zero-order valence-corrected chi connectivity index (χ0v) is 11.9. The molecule has 96 valence electrons. The number of hydrogen-bond acceptors (Lipinski definition) is 2. The summed E-state index contributed by atoms with van der Waals surface area (Å²) in [5, 5.41) is 0. The van der Waals surface area contributed by atoms with Crippen molar-refractivity contribution in [3.63, 3.8) is 0 Å². The minimum Gasteiger partial charge on any atom is -0.327 e. The fourth-order valence-electron chi connectivity index (χ4n) is 2.99. The molecule has 0 saturated heterocycles. The molecule has 1 nitrogen and oxygen atoms in total. The van der Waals surface area contributed by atoms with E-state index >= 15 is 0 Å². The lowest BCUT2D eigenvalue weighted by Gasteiger charge is -2.18. The van der Waals surface area contributed by atoms with Crippen molar-refractivity contribution in [3.8, 4) is 0 Å². The monoisotopic (exact) mass is 251 g/mol. The van der Waals surface area contributed by atoms with Crippen LogP contribution in [0.5, 0.6) is 0 Å². The van der Waals surface area contributed by atoms with Crippen LogP contribution >= 0.6 is 11.3 Å². The predicted octanol–water partition coefficient (Wildman–Crippen LogP) is 4.01. The van der Waals surface area contributed by atoms with E-state index in [-0.39, 0.29) is 0 Å². The standard InChI is InChI=1S/C15H25NS/c1-3-11-5-6-12(9-11)15(16)10-14-8-7-13(4-2)17-14/h7-8,11-12,15H,3-6,9-10,16H2,1-2H3. The van der Waals surface area contributed by atoms with Crippen molar-refractivity contribution in [2.24, 2.45) is 17.6 Å². The summed E-state index contributed by atoms with van der Waals surface area (Å²) < 4.78 is 0. The Kier molecular flexibility index (Phi) is 4.63. The van der Waals surface area contributed by atoms with Crippen LogP contribution in [0.1, 0.15) is 49.3 Å². The Morgan fingerprint density at radius 3 is 2.65 bits per heavy atom. The van der Waals surface area contributed by atoms with Gasteiger partial charge in [0.15, 0.2) is 0 Å². The van der Waals surface area contributed by atoms with E-state index < -0.39 is 0 Å². The van der Waals surface area contributed by atoms with Crippen molar-refractivity contribution >= 4 is 11.3 Å². The first-order valence-electron chi connectivity index (χ1n) is 7.06. The van der Waals surface area contributed by atoms with Gasteiger partial charge in [0, 0.05) is 15.8 Å². The maximum absolute atomic E-state index is 6.39. The molecule has 3 unspecified atom stereocenters. The first kappa shape index (κ1) is 13.1. The molecule has 0 aromatic carbocycles. The van der Waals surface area contributed by atoms with Gasteiger partial charge in [0.1, 0.15) is 0 Å². The zero-order chi connectivity index (χ0) is 12.3. The number of nitrogens with two attached hydrogens (primary N) is 1. The number of aryl methyl sites for hydroxylation is 1. The van der Waals surface area contributed by atoms with E-state index in [1.807, 2.05) is 11.3 Å². The van der Waals surface area contributed by atoms with Gasteiger partial charge in [0.05, 0.1) is 0 Å². The minimum absolute atomic E-state index is 0.384. The molecule has 0 spiro atoms. The van der Waals surface area contributed by atoms with Gasteiger partial charge in [-0.2, -0.15) is 0 Å². The molecule has 1 aliphatic rings. The molecule has 1 aromatic rings. The van der Waals surface area contributed by atoms with E-state index in [4.69, 9.17) is 5.73 Å². The van der Waals surface area contributed by atoms with Crippen LogP contribution in [-0.4, -0.2) is 6.04 Å². The van der Waals surface area contributed by atoms with Gasteiger partial charge in [0.2, 0.25) is 0 Å². The molecule has 1 heterocycles. The van der Waals surface area contributed by atoms with Crippen molar-refractivity contribution in [1.82, 2.24) is 0 Å². The van der Waals surface area contributed by atoms with Crippen LogP contribution in [0.15, 0.2) is 12.1 Å². The summed E-state index contributed by atoms with van der Waals surface area (Å²) in [7, 11) is 0. The number of hydrogen-bond donors (Lipinski definition) is 1. The lowest BCUT2D eigenvalue weighted by atomic mass is 9.94. The first-order valence-corrected chi connectivity index (χ1v) is 7.87. The molecule has 1 saturated carbocycles. The molecule has 0 radical (unpaired) electrons. The van der Waals surface area contributed by atoms with E-state index in [1.54, 1.807) is 0 Å². The van der Waals surface area contributed by atoms with E-state index in [2.05, 4.69) is 26.0 Å². The Morgan fingerprint density at radius 1 is 1.29 bits per heavy atom. The maximum atomic E-state index is 6.39. The third kappa shape index (κ3) is 3.32. The summed E-state index contributed by atoms with van der Waals surface area (Å²) in [5.41, 5.74) is 6.39. The van der Waals surface area contributed by atoms with Gasteiger partial charge in [-0.3, -0.25) is 0 Å². The second-order valence-corrected chi connectivity index (χ2v) is 6.69. The van der Waals surface area contributed by atoms with Gasteiger partial charge in [0.25, 0.3) is 0 Å². The van der Waals surface area contributed by atoms with Gasteiger partial charge >= 0.3 is 0 Å². The Labute approximate surface area is 109 Å². The highest BCUT2D eigenvalue weighted by Crippen LogP contribution is 2.35. The predicted molar refractivity (Wildman–Crippen MR) is 76.5 cm³/mol. The van der Waals surface area contributed by atoms with Crippen molar-refractivity contribution < 1.29 is 0 Å². The smallest absolute Gasteiger partial charge is 0.0116 e. The molecular formula is C15H25NS. The van der Waals surface area contributed by atoms with Crippen LogP contribution in [0.3, 0.4) is 0 Å². The molecule has 0 amide bonds. The van der Waals surface area contributed by atoms with Gasteiger partial charge < -0.3 is 5.73 Å². The summed E-state index contributed by atoms with van der Waals surface area (Å²) in [6.45, 7) is 4.53. The largest absolute Gasteiger partial charge is 0.327 e. The average Bonchev–Trinajstić information content (AvgIpc) is 2.96. The van der Waals surface area contributed by atoms with Crippen molar-refractivity contribution in [2.75, 3.05) is 0 Å². The van der Waals surface area contributed by atoms with Crippen molar-refractivity contribution in [1.29, 1.82) is 0 Å². The lowest BCUT2D eigenvalue weighted by Crippen LogP contribution is -2.30. The number of rotatable bonds is 5. The fourth-order valence-corrected chi connectivity index (χ4v) is 4.02. The van der Waals surface area contributed by atoms with Crippen LogP contribution in [0.2, 0.25) is 0 Å². The zero-order valence-electron chi connectivity index (χ0n) is 11.1. The SMILES string of the molecule is CCc1ccc(CC(N)C2CCC(CC)C2)s1. The van der Waals surface area contributed by atoms with Crippen LogP contribution in [0.25, 0.3) is 0 Å². The molecule has 1 aliphatic carbocycles. The third-order valence-corrected chi connectivity index (χ3v) is 5.52. The molecule has 0 aliphatic heterocycles. The van der Waals surface area contributed by atoms with E-state index in [0.29, 0.717) is 6.04 Å². The van der Waals surface area contributed by atoms with Gasteiger partial charge in [-0.15, -0.1) is 11.3 Å². The van der Waals surface area contributed by atoms with Crippen LogP contribution < -0.4 is 5.73 Å². The van der Waals surface area contributed by atoms with E-state index in [0.717, 1.165) is 24.7 Å². The molecular weight excluding hydrogens is 226 g/mol. The summed E-state index contributed by atoms with van der Waals surface area (Å²) >= 11 is 1.95. The van der Waals surface area contributed by atoms with Crippen LogP contribution in [-0.2, 0) is 12.8 Å². The normalized spacial score (nSPS) is 26.3. The molecule has 2 heteroatoms. The Morgan fingerprint density at radius 2 is 2.06 bits per heavy atom. The highest BCUT2D eigenvalue weighted by atomic mass is 32.1. The molecule has 0 bridgehead atoms. The van der Waals surface area contributed by atoms with E-state index in [1.165, 1.54) is 35.4 Å². The third-order valence-electron chi connectivity index (χ3n) is 4.27. The molecule has 2 rings (SSSR count). The Balaban J connectivity index is 1.86. The highest BCUT2D eigenvalue weighted by molar-refractivity contribution is 7.11. The van der Waals surface area contributed by atoms with Gasteiger partial charge in [-0.25, -0.2) is 0 Å². The quantitative estimate of drug-likeness (QED) is 0.841. The minimum atomic E-state index is 0.384. The molecule has 17 heavy (non-hydrogen) atoms. The van der Waals surface area contributed by atoms with Gasteiger partial charge in [-0.05, 0) is 49.7 Å². The van der Waals surface area contributed by atoms with Crippen LogP contribution in [0, 0.1) is 11.8 Å². The first-order chi connectivity index (χ1) is 8.22. The van der Waals surface area contributed by atoms with Gasteiger partial charge in [-0.1, -0.05) is 26.7 Å². The van der Waals surface area contributed by atoms with Crippen molar-refractivity contribution in [2.45, 2.75) is 58.4 Å². The second-order valence-electron chi connectivity index (χ2n) is 5.44. The lowest BCUT2D eigenvalue weighted by molar-refractivity contribution is 0.406. The topological polar surface area (TPSA) is 26.0 Å². The maximum Gasteiger partial charge on any atom is 0.0116 e. The van der Waals surface area contributed by atoms with E-state index in [9.17, 15) is 0 Å². The molecule has 1 aromatic heterocycles. The summed E-state index contributed by atoms with van der Waals surface area (Å²) in [6, 6.07) is 4.92. The summed E-state index contributed by atoms with van der Waals surface area (Å²) in [4.78, 5) is 2.97. The molecule has 2 N–H and O–H groups in total. The molecule has 1 fully saturated rings. The second kappa shape index (κ2) is 6.01. The molecule has 3 atom stereocenters. The summed E-state index contributed by atoms with van der Waals surface area (Å²) in [5.74, 6) is 1.72. The highest BCUT2D eigenvalue weighted by Gasteiger charge is 2.28. The Bertz CT molecular complexity index is 344.